The number of aromatic nitrogens is 2. The zero-order valence-corrected chi connectivity index (χ0v) is 19.7. The number of anilines is 1. The second-order valence-corrected chi connectivity index (χ2v) is 9.48. The minimum atomic E-state index is -2.92. The van der Waals surface area contributed by atoms with Crippen LogP contribution in [0.5, 0.6) is 0 Å². The summed E-state index contributed by atoms with van der Waals surface area (Å²) in [6.07, 6.45) is -0.505. The number of amides is 1. The normalized spacial score (nSPS) is 18.6. The first-order valence-corrected chi connectivity index (χ1v) is 11.2. The Morgan fingerprint density at radius 2 is 1.88 bits per heavy atom. The van der Waals surface area contributed by atoms with Crippen molar-refractivity contribution >= 4 is 29.1 Å². The van der Waals surface area contributed by atoms with Crippen LogP contribution < -0.4 is 5.32 Å². The SMILES string of the molecule is CC(=O)N1CC(C)(C(=O)C=C2Cc3nc(Cl)nc(N[C@H](C)c4cccc(C(F)F)c4F)c3C2)C1. The number of carbonyl (C=O) groups excluding carboxylic acids is 2. The monoisotopic (exact) mass is 492 g/mol. The van der Waals surface area contributed by atoms with Crippen molar-refractivity contribution in [3.8, 4) is 0 Å². The van der Waals surface area contributed by atoms with Crippen molar-refractivity contribution in [1.29, 1.82) is 0 Å². The van der Waals surface area contributed by atoms with E-state index in [0.29, 0.717) is 37.4 Å². The van der Waals surface area contributed by atoms with Crippen LogP contribution in [0.25, 0.3) is 0 Å². The fraction of sp³-hybridized carbons (Fsp3) is 0.417. The van der Waals surface area contributed by atoms with Crippen molar-refractivity contribution in [2.75, 3.05) is 18.4 Å². The minimum absolute atomic E-state index is 0.00844. The Labute approximate surface area is 200 Å². The summed E-state index contributed by atoms with van der Waals surface area (Å²) in [6.45, 7) is 5.72. The number of hydrogen-bond donors (Lipinski definition) is 1. The zero-order valence-electron chi connectivity index (χ0n) is 19.0. The maximum absolute atomic E-state index is 14.6. The van der Waals surface area contributed by atoms with E-state index in [4.69, 9.17) is 11.6 Å². The fourth-order valence-corrected chi connectivity index (χ4v) is 4.63. The van der Waals surface area contributed by atoms with Gasteiger partial charge in [-0.15, -0.1) is 0 Å². The smallest absolute Gasteiger partial charge is 0.266 e. The van der Waals surface area contributed by atoms with Crippen molar-refractivity contribution in [3.63, 3.8) is 0 Å². The lowest BCUT2D eigenvalue weighted by molar-refractivity contribution is -0.146. The van der Waals surface area contributed by atoms with Gasteiger partial charge in [0.25, 0.3) is 6.43 Å². The quantitative estimate of drug-likeness (QED) is 0.461. The lowest BCUT2D eigenvalue weighted by Gasteiger charge is -2.46. The van der Waals surface area contributed by atoms with Crippen LogP contribution in [0.3, 0.4) is 0 Å². The molecule has 1 aliphatic heterocycles. The van der Waals surface area contributed by atoms with Crippen molar-refractivity contribution in [2.24, 2.45) is 5.41 Å². The van der Waals surface area contributed by atoms with Gasteiger partial charge >= 0.3 is 0 Å². The fourth-order valence-electron chi connectivity index (χ4n) is 4.45. The van der Waals surface area contributed by atoms with Crippen LogP contribution in [0.2, 0.25) is 5.28 Å². The van der Waals surface area contributed by atoms with Crippen LogP contribution in [0.4, 0.5) is 19.0 Å². The van der Waals surface area contributed by atoms with Gasteiger partial charge in [0, 0.05) is 37.6 Å². The van der Waals surface area contributed by atoms with E-state index in [1.165, 1.54) is 19.1 Å². The average molecular weight is 493 g/mol. The van der Waals surface area contributed by atoms with Gasteiger partial charge in [-0.25, -0.2) is 23.1 Å². The molecular formula is C24H24ClF3N4O2. The van der Waals surface area contributed by atoms with Gasteiger partial charge in [0.1, 0.15) is 11.6 Å². The molecule has 10 heteroatoms. The van der Waals surface area contributed by atoms with Crippen molar-refractivity contribution in [1.82, 2.24) is 14.9 Å². The number of benzene rings is 1. The van der Waals surface area contributed by atoms with Gasteiger partial charge in [-0.3, -0.25) is 9.59 Å². The molecule has 2 heterocycles. The molecule has 1 saturated heterocycles. The Hall–Kier alpha value is -2.94. The first kappa shape index (κ1) is 24.2. The predicted octanol–water partition coefficient (Wildman–Crippen LogP) is 4.84. The molecule has 0 saturated carbocycles. The number of ketones is 1. The van der Waals surface area contributed by atoms with Gasteiger partial charge in [-0.05, 0) is 37.9 Å². The maximum atomic E-state index is 14.6. The van der Waals surface area contributed by atoms with E-state index in [9.17, 15) is 22.8 Å². The summed E-state index contributed by atoms with van der Waals surface area (Å²) < 4.78 is 40.8. The Morgan fingerprint density at radius 1 is 1.21 bits per heavy atom. The molecule has 1 amide bonds. The third-order valence-corrected chi connectivity index (χ3v) is 6.60. The summed E-state index contributed by atoms with van der Waals surface area (Å²) in [5.41, 5.74) is 1.02. The van der Waals surface area contributed by atoms with Crippen LogP contribution in [0.1, 0.15) is 55.6 Å². The van der Waals surface area contributed by atoms with Gasteiger partial charge in [-0.1, -0.05) is 23.8 Å². The molecule has 1 fully saturated rings. The van der Waals surface area contributed by atoms with E-state index in [1.807, 2.05) is 6.92 Å². The zero-order chi connectivity index (χ0) is 24.8. The van der Waals surface area contributed by atoms with Crippen molar-refractivity contribution in [2.45, 2.75) is 46.1 Å². The topological polar surface area (TPSA) is 75.2 Å². The highest BCUT2D eigenvalue weighted by atomic mass is 35.5. The minimum Gasteiger partial charge on any atom is -0.363 e. The third kappa shape index (κ3) is 4.53. The van der Waals surface area contributed by atoms with Crippen molar-refractivity contribution < 1.29 is 22.8 Å². The van der Waals surface area contributed by atoms with E-state index in [0.717, 1.165) is 17.2 Å². The van der Waals surface area contributed by atoms with Gasteiger partial charge in [-0.2, -0.15) is 0 Å². The number of likely N-dealkylation sites (tertiary alicyclic amines) is 1. The number of allylic oxidation sites excluding steroid dienone is 2. The number of nitrogens with zero attached hydrogens (tertiary/aromatic N) is 3. The van der Waals surface area contributed by atoms with E-state index >= 15 is 0 Å². The number of halogens is 4. The lowest BCUT2D eigenvalue weighted by Crippen LogP contribution is -2.59. The first-order chi connectivity index (χ1) is 16.0. The Kier molecular flexibility index (Phi) is 6.42. The molecule has 0 unspecified atom stereocenters. The second kappa shape index (κ2) is 9.02. The molecule has 0 spiro atoms. The lowest BCUT2D eigenvalue weighted by atomic mass is 9.77. The highest BCUT2D eigenvalue weighted by Gasteiger charge is 2.45. The third-order valence-electron chi connectivity index (χ3n) is 6.43. The first-order valence-electron chi connectivity index (χ1n) is 10.9. The number of hydrogen-bond acceptors (Lipinski definition) is 5. The summed E-state index contributed by atoms with van der Waals surface area (Å²) in [5.74, 6) is -0.705. The molecule has 180 valence electrons. The molecule has 0 bridgehead atoms. The van der Waals surface area contributed by atoms with Crippen molar-refractivity contribution in [3.05, 3.63) is 63.3 Å². The molecule has 1 aromatic heterocycles. The van der Waals surface area contributed by atoms with Crippen LogP contribution >= 0.6 is 11.6 Å². The summed E-state index contributed by atoms with van der Waals surface area (Å²) in [5, 5.41) is 3.07. The van der Waals surface area contributed by atoms with E-state index < -0.39 is 29.3 Å². The van der Waals surface area contributed by atoms with E-state index in [-0.39, 0.29) is 22.5 Å². The molecule has 1 atom stereocenters. The van der Waals surface area contributed by atoms with Gasteiger partial charge in [0.15, 0.2) is 5.78 Å². The molecule has 2 aliphatic rings. The summed E-state index contributed by atoms with van der Waals surface area (Å²) in [4.78, 5) is 34.5. The number of fused-ring (bicyclic) bond motifs is 1. The Bertz CT molecular complexity index is 1190. The molecule has 2 aromatic rings. The van der Waals surface area contributed by atoms with Crippen LogP contribution in [-0.2, 0) is 22.4 Å². The summed E-state index contributed by atoms with van der Waals surface area (Å²) in [7, 11) is 0. The predicted molar refractivity (Wildman–Crippen MR) is 121 cm³/mol. The average Bonchev–Trinajstić information content (AvgIpc) is 3.13. The maximum Gasteiger partial charge on any atom is 0.266 e. The molecule has 1 N–H and O–H groups in total. The van der Waals surface area contributed by atoms with E-state index in [1.54, 1.807) is 17.9 Å². The molecule has 1 aliphatic carbocycles. The van der Waals surface area contributed by atoms with Crippen LogP contribution in [0, 0.1) is 11.2 Å². The largest absolute Gasteiger partial charge is 0.363 e. The highest BCUT2D eigenvalue weighted by Crippen LogP contribution is 2.36. The molecule has 34 heavy (non-hydrogen) atoms. The molecule has 0 radical (unpaired) electrons. The number of alkyl halides is 2. The second-order valence-electron chi connectivity index (χ2n) is 9.14. The van der Waals surface area contributed by atoms with Crippen LogP contribution in [-0.4, -0.2) is 39.6 Å². The van der Waals surface area contributed by atoms with E-state index in [2.05, 4.69) is 15.3 Å². The van der Waals surface area contributed by atoms with Gasteiger partial charge < -0.3 is 10.2 Å². The molecule has 6 nitrogen and oxygen atoms in total. The summed E-state index contributed by atoms with van der Waals surface area (Å²) in [6, 6.07) is 3.21. The number of nitrogens with one attached hydrogen (secondary N) is 1. The Morgan fingerprint density at radius 3 is 2.53 bits per heavy atom. The highest BCUT2D eigenvalue weighted by molar-refractivity contribution is 6.28. The summed E-state index contributed by atoms with van der Waals surface area (Å²) >= 11 is 6.10. The molecular weight excluding hydrogens is 469 g/mol. The van der Waals surface area contributed by atoms with Gasteiger partial charge in [0.2, 0.25) is 11.2 Å². The van der Waals surface area contributed by atoms with Gasteiger partial charge in [0.05, 0.1) is 22.7 Å². The molecule has 4 rings (SSSR count). The Balaban J connectivity index is 1.54. The molecule has 1 aromatic carbocycles. The number of rotatable bonds is 6. The number of carbonyl (C=O) groups is 2. The standard InChI is InChI=1S/C24H24ClF3N4O2/c1-12(15-5-4-6-16(20(15)26)21(27)28)29-22-17-7-14(8-18(17)30-23(25)31-22)9-19(34)24(3)10-32(11-24)13(2)33/h4-6,9,12,21H,7-8,10-11H2,1-3H3,(H,29,30,31)/t12-/m1/s1. The van der Waals surface area contributed by atoms with Crippen LogP contribution in [0.15, 0.2) is 29.8 Å².